The van der Waals surface area contributed by atoms with Crippen molar-refractivity contribution in [1.82, 2.24) is 9.80 Å². The van der Waals surface area contributed by atoms with Gasteiger partial charge < -0.3 is 19.6 Å². The summed E-state index contributed by atoms with van der Waals surface area (Å²) in [4.78, 5) is 27.6. The highest BCUT2D eigenvalue weighted by Crippen LogP contribution is 2.19. The van der Waals surface area contributed by atoms with Crippen LogP contribution in [0.1, 0.15) is 42.8 Å². The molecule has 0 radical (unpaired) electrons. The lowest BCUT2D eigenvalue weighted by Crippen LogP contribution is -2.51. The molecule has 1 saturated heterocycles. The SMILES string of the molecule is C#CC(O)c1ccc(F)c(C(=O)N2CCN(C(=O)OC(C)(C)C)CC2)c1. The number of aliphatic hydroxyl groups excluding tert-OH is 1. The first-order valence-corrected chi connectivity index (χ1v) is 8.33. The van der Waals surface area contributed by atoms with E-state index in [0.717, 1.165) is 6.07 Å². The zero-order valence-corrected chi connectivity index (χ0v) is 15.2. The monoisotopic (exact) mass is 362 g/mol. The number of carbonyl (C=O) groups is 2. The molecule has 7 heteroatoms. The van der Waals surface area contributed by atoms with E-state index in [4.69, 9.17) is 11.2 Å². The fourth-order valence-electron chi connectivity index (χ4n) is 2.56. The van der Waals surface area contributed by atoms with Crippen molar-refractivity contribution in [1.29, 1.82) is 0 Å². The molecule has 1 aromatic rings. The zero-order valence-electron chi connectivity index (χ0n) is 15.2. The van der Waals surface area contributed by atoms with E-state index in [1.165, 1.54) is 21.9 Å². The number of rotatable bonds is 2. The van der Waals surface area contributed by atoms with Gasteiger partial charge in [-0.1, -0.05) is 12.0 Å². The average Bonchev–Trinajstić information content (AvgIpc) is 2.59. The molecular weight excluding hydrogens is 339 g/mol. The van der Waals surface area contributed by atoms with Crippen molar-refractivity contribution < 1.29 is 23.8 Å². The molecule has 1 atom stereocenters. The second kappa shape index (κ2) is 7.75. The van der Waals surface area contributed by atoms with E-state index in [2.05, 4.69) is 5.92 Å². The van der Waals surface area contributed by atoms with Crippen LogP contribution in [-0.2, 0) is 4.74 Å². The number of aliphatic hydroxyl groups is 1. The van der Waals surface area contributed by atoms with Crippen molar-refractivity contribution in [2.45, 2.75) is 32.5 Å². The normalized spacial score (nSPS) is 16.0. The van der Waals surface area contributed by atoms with Crippen molar-refractivity contribution in [3.05, 3.63) is 35.1 Å². The van der Waals surface area contributed by atoms with Crippen LogP contribution in [0.2, 0.25) is 0 Å². The summed E-state index contributed by atoms with van der Waals surface area (Å²) in [5.74, 6) is 0.948. The number of amides is 2. The van der Waals surface area contributed by atoms with Crippen LogP contribution in [-0.4, -0.2) is 58.7 Å². The highest BCUT2D eigenvalue weighted by atomic mass is 19.1. The van der Waals surface area contributed by atoms with Gasteiger partial charge in [0.1, 0.15) is 17.5 Å². The second-order valence-electron chi connectivity index (χ2n) is 7.07. The van der Waals surface area contributed by atoms with Gasteiger partial charge in [-0.15, -0.1) is 6.42 Å². The number of carbonyl (C=O) groups excluding carboxylic acids is 2. The molecule has 1 aromatic carbocycles. The van der Waals surface area contributed by atoms with Gasteiger partial charge in [-0.2, -0.15) is 0 Å². The van der Waals surface area contributed by atoms with E-state index < -0.39 is 29.5 Å². The van der Waals surface area contributed by atoms with Gasteiger partial charge in [0.2, 0.25) is 0 Å². The van der Waals surface area contributed by atoms with Crippen molar-refractivity contribution >= 4 is 12.0 Å². The summed E-state index contributed by atoms with van der Waals surface area (Å²) in [6, 6.07) is 3.72. The third-order valence-corrected chi connectivity index (χ3v) is 3.91. The minimum atomic E-state index is -1.20. The quantitative estimate of drug-likeness (QED) is 0.819. The molecule has 140 valence electrons. The van der Waals surface area contributed by atoms with Crippen LogP contribution in [0.5, 0.6) is 0 Å². The molecule has 26 heavy (non-hydrogen) atoms. The summed E-state index contributed by atoms with van der Waals surface area (Å²) >= 11 is 0. The zero-order chi connectivity index (χ0) is 19.5. The third-order valence-electron chi connectivity index (χ3n) is 3.91. The predicted molar refractivity (Wildman–Crippen MR) is 93.9 cm³/mol. The first-order chi connectivity index (χ1) is 12.1. The Kier molecular flexibility index (Phi) is 5.88. The molecule has 2 rings (SSSR count). The highest BCUT2D eigenvalue weighted by Gasteiger charge is 2.29. The van der Waals surface area contributed by atoms with E-state index >= 15 is 0 Å². The lowest BCUT2D eigenvalue weighted by atomic mass is 10.0. The maximum atomic E-state index is 14.1. The Morgan fingerprint density at radius 3 is 2.35 bits per heavy atom. The van der Waals surface area contributed by atoms with Crippen LogP contribution >= 0.6 is 0 Å². The van der Waals surface area contributed by atoms with Gasteiger partial charge in [0.25, 0.3) is 5.91 Å². The topological polar surface area (TPSA) is 70.1 Å². The maximum absolute atomic E-state index is 14.1. The Hall–Kier alpha value is -2.59. The maximum Gasteiger partial charge on any atom is 0.410 e. The smallest absolute Gasteiger partial charge is 0.410 e. The molecule has 0 aliphatic carbocycles. The summed E-state index contributed by atoms with van der Waals surface area (Å²) < 4.78 is 19.4. The molecule has 0 aromatic heterocycles. The first-order valence-electron chi connectivity index (χ1n) is 8.33. The molecule has 1 aliphatic rings. The van der Waals surface area contributed by atoms with Crippen molar-refractivity contribution in [2.75, 3.05) is 26.2 Å². The minimum Gasteiger partial charge on any atom is -0.444 e. The van der Waals surface area contributed by atoms with E-state index in [-0.39, 0.29) is 24.2 Å². The first kappa shape index (κ1) is 19.7. The Morgan fingerprint density at radius 2 is 1.81 bits per heavy atom. The van der Waals surface area contributed by atoms with Crippen molar-refractivity contribution in [3.8, 4) is 12.3 Å². The molecule has 6 nitrogen and oxygen atoms in total. The molecule has 0 spiro atoms. The molecule has 1 unspecified atom stereocenters. The van der Waals surface area contributed by atoms with Gasteiger partial charge in [-0.05, 0) is 38.5 Å². The van der Waals surface area contributed by atoms with Gasteiger partial charge in [-0.25, -0.2) is 9.18 Å². The van der Waals surface area contributed by atoms with Crippen molar-refractivity contribution in [3.63, 3.8) is 0 Å². The minimum absolute atomic E-state index is 0.150. The molecule has 1 fully saturated rings. The second-order valence-corrected chi connectivity index (χ2v) is 7.07. The lowest BCUT2D eigenvalue weighted by Gasteiger charge is -2.35. The largest absolute Gasteiger partial charge is 0.444 e. The molecule has 1 aliphatic heterocycles. The van der Waals surface area contributed by atoms with Crippen LogP contribution in [0.4, 0.5) is 9.18 Å². The number of halogens is 1. The van der Waals surface area contributed by atoms with Crippen molar-refractivity contribution in [2.24, 2.45) is 0 Å². The predicted octanol–water partition coefficient (Wildman–Crippen LogP) is 2.19. The fourth-order valence-corrected chi connectivity index (χ4v) is 2.56. The molecule has 1 heterocycles. The van der Waals surface area contributed by atoms with Crippen LogP contribution in [0.15, 0.2) is 18.2 Å². The van der Waals surface area contributed by atoms with E-state index in [1.54, 1.807) is 20.8 Å². The van der Waals surface area contributed by atoms with Gasteiger partial charge >= 0.3 is 6.09 Å². The number of ether oxygens (including phenoxy) is 1. The Balaban J connectivity index is 2.05. The number of hydrogen-bond donors (Lipinski definition) is 1. The molecule has 2 amide bonds. The summed E-state index contributed by atoms with van der Waals surface area (Å²) in [5, 5.41) is 9.68. The summed E-state index contributed by atoms with van der Waals surface area (Å²) in [6.45, 7) is 6.48. The summed E-state index contributed by atoms with van der Waals surface area (Å²) in [6.07, 6.45) is 3.52. The van der Waals surface area contributed by atoms with Crippen LogP contribution in [0.3, 0.4) is 0 Å². The van der Waals surface area contributed by atoms with Crippen LogP contribution < -0.4 is 0 Å². The van der Waals surface area contributed by atoms with Gasteiger partial charge in [0.15, 0.2) is 0 Å². The average molecular weight is 362 g/mol. The van der Waals surface area contributed by atoms with Crippen LogP contribution in [0, 0.1) is 18.2 Å². The Labute approximate surface area is 152 Å². The van der Waals surface area contributed by atoms with E-state index in [9.17, 15) is 19.1 Å². The summed E-state index contributed by atoms with van der Waals surface area (Å²) in [7, 11) is 0. The molecule has 0 saturated carbocycles. The lowest BCUT2D eigenvalue weighted by molar-refractivity contribution is 0.0140. The van der Waals surface area contributed by atoms with Gasteiger partial charge in [-0.3, -0.25) is 4.79 Å². The van der Waals surface area contributed by atoms with Gasteiger partial charge in [0.05, 0.1) is 5.56 Å². The number of piperazine rings is 1. The summed E-state index contributed by atoms with van der Waals surface area (Å²) in [5.41, 5.74) is -0.460. The van der Waals surface area contributed by atoms with E-state index in [1.807, 2.05) is 0 Å². The number of nitrogens with zero attached hydrogens (tertiary/aromatic N) is 2. The number of terminal acetylenes is 1. The molecule has 1 N–H and O–H groups in total. The van der Waals surface area contributed by atoms with Gasteiger partial charge in [0, 0.05) is 26.2 Å². The standard InChI is InChI=1S/C19H23FN2O4/c1-5-16(23)13-6-7-15(20)14(12-13)17(24)21-8-10-22(11-9-21)18(25)26-19(2,3)4/h1,6-7,12,16,23H,8-11H2,2-4H3. The fraction of sp³-hybridized carbons (Fsp3) is 0.474. The molecule has 0 bridgehead atoms. The number of benzene rings is 1. The number of hydrogen-bond acceptors (Lipinski definition) is 4. The molecular formula is C19H23FN2O4. The third kappa shape index (κ3) is 4.73. The van der Waals surface area contributed by atoms with E-state index in [0.29, 0.717) is 13.1 Å². The Bertz CT molecular complexity index is 728. The van der Waals surface area contributed by atoms with Crippen LogP contribution in [0.25, 0.3) is 0 Å². The highest BCUT2D eigenvalue weighted by molar-refractivity contribution is 5.95. The Morgan fingerprint density at radius 1 is 1.23 bits per heavy atom.